The number of benzene rings is 2. The number of anilines is 1. The fraction of sp³-hybridized carbons (Fsp3) is 0.136. The lowest BCUT2D eigenvalue weighted by atomic mass is 10.1. The molecule has 146 valence electrons. The number of amides is 1. The molecule has 5 nitrogen and oxygen atoms in total. The van der Waals surface area contributed by atoms with Crippen LogP contribution in [0.1, 0.15) is 22.8 Å². The summed E-state index contributed by atoms with van der Waals surface area (Å²) in [5.74, 6) is -0.179. The molecule has 2 heterocycles. The molecule has 29 heavy (non-hydrogen) atoms. The average molecular weight is 468 g/mol. The Labute approximate surface area is 180 Å². The number of nitrogens with one attached hydrogen (secondary N) is 1. The quantitative estimate of drug-likeness (QED) is 0.378. The Hall–Kier alpha value is -2.77. The maximum Gasteiger partial charge on any atom is 0.246 e. The summed E-state index contributed by atoms with van der Waals surface area (Å²) in [6, 6.07) is 13.8. The van der Waals surface area contributed by atoms with E-state index in [4.69, 9.17) is 0 Å². The summed E-state index contributed by atoms with van der Waals surface area (Å²) in [4.78, 5) is 28.6. The Morgan fingerprint density at radius 2 is 2.03 bits per heavy atom. The Bertz CT molecular complexity index is 1190. The largest absolute Gasteiger partial charge is 0.337 e. The van der Waals surface area contributed by atoms with Gasteiger partial charge in [0.15, 0.2) is 11.4 Å². The van der Waals surface area contributed by atoms with Gasteiger partial charge in [0.05, 0.1) is 11.2 Å². The van der Waals surface area contributed by atoms with Crippen molar-refractivity contribution in [3.63, 3.8) is 0 Å². The summed E-state index contributed by atoms with van der Waals surface area (Å²) >= 11 is 4.81. The Morgan fingerprint density at radius 1 is 1.24 bits per heavy atom. The molecule has 4 aromatic rings. The summed E-state index contributed by atoms with van der Waals surface area (Å²) in [5, 5.41) is 6.22. The number of hydrogen-bond donors (Lipinski definition) is 1. The van der Waals surface area contributed by atoms with Crippen LogP contribution in [-0.4, -0.2) is 21.7 Å². The molecule has 2 aromatic carbocycles. The number of aryl methyl sites for hydroxylation is 1. The van der Waals surface area contributed by atoms with Crippen LogP contribution in [0.5, 0.6) is 0 Å². The third kappa shape index (κ3) is 4.02. The molecule has 0 aliphatic heterocycles. The minimum Gasteiger partial charge on any atom is -0.337 e. The molecule has 2 aromatic heterocycles. The highest BCUT2D eigenvalue weighted by atomic mass is 79.9. The van der Waals surface area contributed by atoms with Crippen molar-refractivity contribution in [2.45, 2.75) is 19.9 Å². The smallest absolute Gasteiger partial charge is 0.246 e. The maximum atomic E-state index is 12.7. The first-order valence-electron chi connectivity index (χ1n) is 9.16. The Morgan fingerprint density at radius 3 is 2.76 bits per heavy atom. The van der Waals surface area contributed by atoms with Gasteiger partial charge in [-0.1, -0.05) is 53.2 Å². The van der Waals surface area contributed by atoms with E-state index in [1.807, 2.05) is 52.4 Å². The van der Waals surface area contributed by atoms with E-state index in [9.17, 15) is 9.59 Å². The first-order chi connectivity index (χ1) is 14.1. The van der Waals surface area contributed by atoms with Crippen molar-refractivity contribution >= 4 is 55.5 Å². The third-order valence-corrected chi connectivity index (χ3v) is 6.01. The fourth-order valence-electron chi connectivity index (χ4n) is 3.37. The van der Waals surface area contributed by atoms with Crippen molar-refractivity contribution in [1.82, 2.24) is 9.55 Å². The second kappa shape index (κ2) is 8.31. The normalized spacial score (nSPS) is 11.0. The Balaban J connectivity index is 1.55. The van der Waals surface area contributed by atoms with Gasteiger partial charge in [-0.3, -0.25) is 9.59 Å². The molecule has 0 spiro atoms. The van der Waals surface area contributed by atoms with Crippen LogP contribution in [0.2, 0.25) is 0 Å². The highest BCUT2D eigenvalue weighted by Gasteiger charge is 2.14. The van der Waals surface area contributed by atoms with Crippen LogP contribution in [0.25, 0.3) is 22.2 Å². The van der Waals surface area contributed by atoms with Crippen LogP contribution < -0.4 is 5.32 Å². The van der Waals surface area contributed by atoms with Crippen molar-refractivity contribution in [2.24, 2.45) is 0 Å². The van der Waals surface area contributed by atoms with Gasteiger partial charge in [-0.25, -0.2) is 4.98 Å². The van der Waals surface area contributed by atoms with Crippen molar-refractivity contribution in [2.75, 3.05) is 5.32 Å². The molecule has 1 N–H and O–H groups in total. The zero-order valence-corrected chi connectivity index (χ0v) is 18.1. The first-order valence-corrected chi connectivity index (χ1v) is 10.8. The lowest BCUT2D eigenvalue weighted by Crippen LogP contribution is -2.18. The van der Waals surface area contributed by atoms with Crippen LogP contribution in [0.15, 0.2) is 58.5 Å². The topological polar surface area (TPSA) is 64.0 Å². The van der Waals surface area contributed by atoms with Crippen molar-refractivity contribution in [1.29, 1.82) is 0 Å². The molecule has 0 saturated carbocycles. The van der Waals surface area contributed by atoms with Gasteiger partial charge in [-0.15, -0.1) is 11.3 Å². The second-order valence-electron chi connectivity index (χ2n) is 6.59. The summed E-state index contributed by atoms with van der Waals surface area (Å²) in [6.45, 7) is 2.18. The summed E-state index contributed by atoms with van der Waals surface area (Å²) < 4.78 is 2.85. The van der Waals surface area contributed by atoms with Gasteiger partial charge in [0.1, 0.15) is 6.54 Å². The first kappa shape index (κ1) is 19.5. The van der Waals surface area contributed by atoms with Crippen LogP contribution in [0.4, 0.5) is 5.13 Å². The van der Waals surface area contributed by atoms with Crippen molar-refractivity contribution in [3.05, 3.63) is 69.6 Å². The predicted molar refractivity (Wildman–Crippen MR) is 121 cm³/mol. The minimum atomic E-state index is -0.179. The number of fused-ring (bicyclic) bond motifs is 1. The highest BCUT2D eigenvalue weighted by molar-refractivity contribution is 9.10. The number of thiazole rings is 1. The van der Waals surface area contributed by atoms with Gasteiger partial charge in [0, 0.05) is 32.6 Å². The van der Waals surface area contributed by atoms with E-state index in [2.05, 4.69) is 33.2 Å². The maximum absolute atomic E-state index is 12.7. The fourth-order valence-corrected chi connectivity index (χ4v) is 4.37. The SMILES string of the molecule is CCc1cccc2c(C=O)cn(CC(=O)Nc3nc(-c4ccc(Br)cc4)cs3)c12. The number of carbonyl (C=O) groups is 2. The van der Waals surface area contributed by atoms with Gasteiger partial charge in [-0.05, 0) is 24.1 Å². The highest BCUT2D eigenvalue weighted by Crippen LogP contribution is 2.27. The molecular weight excluding hydrogens is 450 g/mol. The molecule has 0 aliphatic rings. The molecule has 4 rings (SSSR count). The lowest BCUT2D eigenvalue weighted by molar-refractivity contribution is -0.116. The number of rotatable bonds is 6. The molecule has 0 fully saturated rings. The van der Waals surface area contributed by atoms with E-state index in [1.165, 1.54) is 11.3 Å². The van der Waals surface area contributed by atoms with E-state index in [0.717, 1.165) is 44.9 Å². The number of carbonyl (C=O) groups excluding carboxylic acids is 2. The molecular formula is C22H18BrN3O2S. The number of aldehydes is 1. The second-order valence-corrected chi connectivity index (χ2v) is 8.36. The number of para-hydroxylation sites is 1. The number of halogens is 1. The van der Waals surface area contributed by atoms with Gasteiger partial charge >= 0.3 is 0 Å². The number of nitrogens with zero attached hydrogens (tertiary/aromatic N) is 2. The van der Waals surface area contributed by atoms with Crippen LogP contribution >= 0.6 is 27.3 Å². The average Bonchev–Trinajstić information content (AvgIpc) is 3.33. The predicted octanol–water partition coefficient (Wildman–Crippen LogP) is 5.54. The van der Waals surface area contributed by atoms with Gasteiger partial charge in [0.25, 0.3) is 0 Å². The van der Waals surface area contributed by atoms with E-state index in [0.29, 0.717) is 10.7 Å². The molecule has 0 saturated heterocycles. The molecule has 0 atom stereocenters. The molecule has 7 heteroatoms. The molecule has 0 aliphatic carbocycles. The van der Waals surface area contributed by atoms with E-state index in [-0.39, 0.29) is 12.5 Å². The summed E-state index contributed by atoms with van der Waals surface area (Å²) in [7, 11) is 0. The van der Waals surface area contributed by atoms with Crippen molar-refractivity contribution in [3.8, 4) is 11.3 Å². The molecule has 0 radical (unpaired) electrons. The summed E-state index contributed by atoms with van der Waals surface area (Å²) in [5.41, 5.74) is 4.44. The monoisotopic (exact) mass is 467 g/mol. The molecule has 0 unspecified atom stereocenters. The van der Waals surface area contributed by atoms with E-state index < -0.39 is 0 Å². The van der Waals surface area contributed by atoms with Crippen molar-refractivity contribution < 1.29 is 9.59 Å². The zero-order chi connectivity index (χ0) is 20.4. The van der Waals surface area contributed by atoms with Gasteiger partial charge < -0.3 is 9.88 Å². The number of aromatic nitrogens is 2. The molecule has 1 amide bonds. The lowest BCUT2D eigenvalue weighted by Gasteiger charge is -2.08. The van der Waals surface area contributed by atoms with E-state index in [1.54, 1.807) is 6.20 Å². The van der Waals surface area contributed by atoms with Gasteiger partial charge in [0.2, 0.25) is 5.91 Å². The zero-order valence-electron chi connectivity index (χ0n) is 15.7. The Kier molecular flexibility index (Phi) is 5.60. The molecule has 0 bridgehead atoms. The summed E-state index contributed by atoms with van der Waals surface area (Å²) in [6.07, 6.45) is 3.40. The van der Waals surface area contributed by atoms with Crippen LogP contribution in [-0.2, 0) is 17.8 Å². The van der Waals surface area contributed by atoms with Crippen LogP contribution in [0.3, 0.4) is 0 Å². The third-order valence-electron chi connectivity index (χ3n) is 4.73. The minimum absolute atomic E-state index is 0.120. The van der Waals surface area contributed by atoms with Crippen LogP contribution in [0, 0.1) is 0 Å². The van der Waals surface area contributed by atoms with Gasteiger partial charge in [-0.2, -0.15) is 0 Å². The standard InChI is InChI=1S/C22H18BrN3O2S/c1-2-14-4-3-5-18-16(12-27)10-26(21(14)18)11-20(28)25-22-24-19(13-29-22)15-6-8-17(23)9-7-15/h3-10,12-13H,2,11H2,1H3,(H,24,25,28). The van der Waals surface area contributed by atoms with E-state index >= 15 is 0 Å². The number of hydrogen-bond acceptors (Lipinski definition) is 4.